The molecule has 0 atom stereocenters. The quantitative estimate of drug-likeness (QED) is 0.413. The normalized spacial score (nSPS) is 11.2. The highest BCUT2D eigenvalue weighted by Gasteiger charge is 2.20. The highest BCUT2D eigenvalue weighted by atomic mass is 32.2. The molecule has 4 rings (SSSR count). The molecule has 0 aliphatic heterocycles. The van der Waals surface area contributed by atoms with E-state index in [9.17, 15) is 13.7 Å². The molecule has 2 aromatic heterocycles. The molecule has 0 aliphatic rings. The molecule has 0 saturated carbocycles. The lowest BCUT2D eigenvalue weighted by Crippen LogP contribution is -2.13. The lowest BCUT2D eigenvalue weighted by molar-refractivity contribution is 0.482. The topological polar surface area (TPSA) is 123 Å². The predicted octanol–water partition coefficient (Wildman–Crippen LogP) is 4.50. The molecular formula is C22H20N6O3S2. The Bertz CT molecular complexity index is 1450. The Kier molecular flexibility index (Phi) is 6.13. The van der Waals surface area contributed by atoms with Crippen molar-refractivity contribution in [2.45, 2.75) is 32.2 Å². The standard InChI is InChI=1S/C22H20N6O3S2/c1-4-28-15(3)21(14(2)26-28)18-7-5-6-8-20(18)31-19-10-9-17(11-16(19)12-23)33(29,30)27-22-24-13-25-32-22/h5-11,13H,4H2,1-3H3,(H,24,25,27). The largest absolute Gasteiger partial charge is 0.455 e. The van der Waals surface area contributed by atoms with Crippen LogP contribution in [0.4, 0.5) is 5.13 Å². The van der Waals surface area contributed by atoms with Crippen molar-refractivity contribution in [3.05, 3.63) is 65.7 Å². The van der Waals surface area contributed by atoms with Crippen molar-refractivity contribution in [1.29, 1.82) is 5.26 Å². The zero-order valence-electron chi connectivity index (χ0n) is 18.1. The number of hydrogen-bond donors (Lipinski definition) is 1. The molecule has 0 radical (unpaired) electrons. The molecule has 2 aromatic carbocycles. The van der Waals surface area contributed by atoms with Crippen LogP contribution in [0.2, 0.25) is 0 Å². The number of anilines is 1. The van der Waals surface area contributed by atoms with E-state index in [1.165, 1.54) is 24.5 Å². The van der Waals surface area contributed by atoms with E-state index >= 15 is 0 Å². The fourth-order valence-corrected chi connectivity index (χ4v) is 5.21. The first-order valence-electron chi connectivity index (χ1n) is 9.99. The molecule has 1 N–H and O–H groups in total. The molecule has 11 heteroatoms. The number of aromatic nitrogens is 4. The lowest BCUT2D eigenvalue weighted by Gasteiger charge is -2.14. The minimum Gasteiger partial charge on any atom is -0.455 e. The number of hydrogen-bond acceptors (Lipinski definition) is 8. The maximum absolute atomic E-state index is 12.7. The first-order chi connectivity index (χ1) is 15.8. The summed E-state index contributed by atoms with van der Waals surface area (Å²) in [5.41, 5.74) is 3.77. The minimum atomic E-state index is -3.93. The van der Waals surface area contributed by atoms with Gasteiger partial charge in [0.1, 0.15) is 23.9 Å². The van der Waals surface area contributed by atoms with Gasteiger partial charge in [-0.1, -0.05) is 18.2 Å². The van der Waals surface area contributed by atoms with Crippen LogP contribution >= 0.6 is 11.5 Å². The second-order valence-corrected chi connectivity index (χ2v) is 9.54. The Morgan fingerprint density at radius 1 is 1.18 bits per heavy atom. The van der Waals surface area contributed by atoms with Crippen LogP contribution in [-0.4, -0.2) is 27.6 Å². The zero-order valence-corrected chi connectivity index (χ0v) is 19.7. The number of nitrogens with zero attached hydrogens (tertiary/aromatic N) is 5. The van der Waals surface area contributed by atoms with Gasteiger partial charge in [0.25, 0.3) is 10.0 Å². The molecule has 2 heterocycles. The Hall–Kier alpha value is -3.75. The van der Waals surface area contributed by atoms with Crippen LogP contribution in [0.15, 0.2) is 53.7 Å². The van der Waals surface area contributed by atoms with Gasteiger partial charge in [-0.15, -0.1) is 0 Å². The molecular weight excluding hydrogens is 460 g/mol. The maximum atomic E-state index is 12.7. The van der Waals surface area contributed by atoms with Crippen molar-refractivity contribution in [2.75, 3.05) is 4.72 Å². The fourth-order valence-electron chi connectivity index (χ4n) is 3.52. The van der Waals surface area contributed by atoms with Crippen molar-refractivity contribution in [3.63, 3.8) is 0 Å². The van der Waals surface area contributed by atoms with Gasteiger partial charge >= 0.3 is 0 Å². The van der Waals surface area contributed by atoms with E-state index in [2.05, 4.69) is 19.2 Å². The van der Waals surface area contributed by atoms with Crippen molar-refractivity contribution >= 4 is 26.7 Å². The van der Waals surface area contributed by atoms with E-state index in [-0.39, 0.29) is 21.3 Å². The van der Waals surface area contributed by atoms with Crippen molar-refractivity contribution in [1.82, 2.24) is 19.1 Å². The van der Waals surface area contributed by atoms with Gasteiger partial charge in [-0.25, -0.2) is 13.4 Å². The van der Waals surface area contributed by atoms with Crippen LogP contribution in [0.25, 0.3) is 11.1 Å². The van der Waals surface area contributed by atoms with E-state index in [0.29, 0.717) is 5.75 Å². The predicted molar refractivity (Wildman–Crippen MR) is 125 cm³/mol. The molecule has 168 valence electrons. The molecule has 0 aliphatic carbocycles. The monoisotopic (exact) mass is 480 g/mol. The van der Waals surface area contributed by atoms with E-state index < -0.39 is 10.0 Å². The SMILES string of the molecule is CCn1nc(C)c(-c2ccccc2Oc2ccc(S(=O)(=O)Nc3ncns3)cc2C#N)c1C. The number of para-hydroxylation sites is 1. The molecule has 4 aromatic rings. The van der Waals surface area contributed by atoms with Crippen LogP contribution in [-0.2, 0) is 16.6 Å². The van der Waals surface area contributed by atoms with E-state index in [4.69, 9.17) is 4.74 Å². The zero-order chi connectivity index (χ0) is 23.6. The van der Waals surface area contributed by atoms with Crippen molar-refractivity contribution < 1.29 is 13.2 Å². The van der Waals surface area contributed by atoms with Crippen LogP contribution < -0.4 is 9.46 Å². The Labute approximate surface area is 195 Å². The second-order valence-electron chi connectivity index (χ2n) is 7.08. The number of sulfonamides is 1. The molecule has 0 saturated heterocycles. The van der Waals surface area contributed by atoms with Gasteiger partial charge in [-0.3, -0.25) is 9.40 Å². The Morgan fingerprint density at radius 3 is 2.64 bits per heavy atom. The smallest absolute Gasteiger partial charge is 0.263 e. The molecule has 33 heavy (non-hydrogen) atoms. The van der Waals surface area contributed by atoms with Gasteiger partial charge in [0.05, 0.1) is 16.2 Å². The number of benzene rings is 2. The third-order valence-corrected chi connectivity index (χ3v) is 7.07. The number of aryl methyl sites for hydroxylation is 2. The summed E-state index contributed by atoms with van der Waals surface area (Å²) in [6.07, 6.45) is 1.26. The van der Waals surface area contributed by atoms with Crippen LogP contribution in [0, 0.1) is 25.2 Å². The minimum absolute atomic E-state index is 0.0780. The summed E-state index contributed by atoms with van der Waals surface area (Å²) in [5.74, 6) is 0.788. The first kappa shape index (κ1) is 22.4. The van der Waals surface area contributed by atoms with Gasteiger partial charge in [0.2, 0.25) is 5.13 Å². The number of rotatable bonds is 7. The number of ether oxygens (including phenoxy) is 1. The summed E-state index contributed by atoms with van der Waals surface area (Å²) in [5, 5.41) is 14.4. The average molecular weight is 481 g/mol. The van der Waals surface area contributed by atoms with E-state index in [0.717, 1.165) is 40.6 Å². The average Bonchev–Trinajstić information content (AvgIpc) is 3.41. The Balaban J connectivity index is 1.70. The summed E-state index contributed by atoms with van der Waals surface area (Å²) in [6, 6.07) is 13.6. The molecule has 0 unspecified atom stereocenters. The highest BCUT2D eigenvalue weighted by molar-refractivity contribution is 7.93. The summed E-state index contributed by atoms with van der Waals surface area (Å²) in [4.78, 5) is 3.75. The molecule has 9 nitrogen and oxygen atoms in total. The van der Waals surface area contributed by atoms with Gasteiger partial charge in [-0.05, 0) is 45.0 Å². The number of nitriles is 1. The summed E-state index contributed by atoms with van der Waals surface area (Å²) in [7, 11) is -3.93. The van der Waals surface area contributed by atoms with Gasteiger partial charge < -0.3 is 4.74 Å². The van der Waals surface area contributed by atoms with E-state index in [1.807, 2.05) is 49.7 Å². The third kappa shape index (κ3) is 4.44. The lowest BCUT2D eigenvalue weighted by atomic mass is 10.0. The van der Waals surface area contributed by atoms with Crippen LogP contribution in [0.5, 0.6) is 11.5 Å². The van der Waals surface area contributed by atoms with Crippen molar-refractivity contribution in [2.24, 2.45) is 0 Å². The van der Waals surface area contributed by atoms with Gasteiger partial charge in [0, 0.05) is 34.9 Å². The Morgan fingerprint density at radius 2 is 1.97 bits per heavy atom. The maximum Gasteiger partial charge on any atom is 0.263 e. The van der Waals surface area contributed by atoms with Crippen molar-refractivity contribution in [3.8, 4) is 28.7 Å². The van der Waals surface area contributed by atoms with Gasteiger partial charge in [0.15, 0.2) is 0 Å². The fraction of sp³-hybridized carbons (Fsp3) is 0.182. The second kappa shape index (κ2) is 9.01. The molecule has 0 spiro atoms. The van der Waals surface area contributed by atoms with Crippen LogP contribution in [0.1, 0.15) is 23.9 Å². The molecule has 0 bridgehead atoms. The van der Waals surface area contributed by atoms with Gasteiger partial charge in [-0.2, -0.15) is 14.7 Å². The third-order valence-electron chi connectivity index (χ3n) is 5.02. The first-order valence-corrected chi connectivity index (χ1v) is 12.2. The number of nitrogens with one attached hydrogen (secondary N) is 1. The summed E-state index contributed by atoms with van der Waals surface area (Å²) in [6.45, 7) is 6.72. The highest BCUT2D eigenvalue weighted by Crippen LogP contribution is 2.38. The van der Waals surface area contributed by atoms with Crippen LogP contribution in [0.3, 0.4) is 0 Å². The summed E-state index contributed by atoms with van der Waals surface area (Å²) >= 11 is 0.916. The molecule has 0 fully saturated rings. The van der Waals surface area contributed by atoms with E-state index in [1.54, 1.807) is 6.07 Å². The molecule has 0 amide bonds. The summed E-state index contributed by atoms with van der Waals surface area (Å²) < 4.78 is 39.5.